The van der Waals surface area contributed by atoms with Gasteiger partial charge in [-0.2, -0.15) is 5.26 Å². The molecule has 102 valence electrons. The van der Waals surface area contributed by atoms with Gasteiger partial charge in [-0.3, -0.25) is 9.69 Å². The highest BCUT2D eigenvalue weighted by Crippen LogP contribution is 2.21. The van der Waals surface area contributed by atoms with E-state index in [4.69, 9.17) is 10.4 Å². The van der Waals surface area contributed by atoms with Gasteiger partial charge in [-0.25, -0.2) is 0 Å². The number of carboxylic acids is 1. The van der Waals surface area contributed by atoms with E-state index in [2.05, 4.69) is 19.9 Å². The fourth-order valence-electron chi connectivity index (χ4n) is 2.05. The van der Waals surface area contributed by atoms with Gasteiger partial charge in [0.15, 0.2) is 0 Å². The second-order valence-electron chi connectivity index (χ2n) is 5.13. The van der Waals surface area contributed by atoms with Crippen LogP contribution < -0.4 is 0 Å². The molecular formula is C15H20N2O2. The van der Waals surface area contributed by atoms with Crippen molar-refractivity contribution in [2.24, 2.45) is 5.92 Å². The minimum atomic E-state index is -0.818. The third kappa shape index (κ3) is 4.72. The van der Waals surface area contributed by atoms with Crippen LogP contribution in [0, 0.1) is 17.2 Å². The molecule has 0 radical (unpaired) electrons. The maximum Gasteiger partial charge on any atom is 0.317 e. The highest BCUT2D eigenvalue weighted by Gasteiger charge is 2.19. The van der Waals surface area contributed by atoms with Crippen LogP contribution in [0.25, 0.3) is 0 Å². The summed E-state index contributed by atoms with van der Waals surface area (Å²) in [6, 6.07) is 9.40. The predicted octanol–water partition coefficient (Wildman–Crippen LogP) is 2.66. The molecule has 4 heteroatoms. The molecule has 1 unspecified atom stereocenters. The van der Waals surface area contributed by atoms with Crippen LogP contribution >= 0.6 is 0 Å². The molecule has 1 rings (SSSR count). The van der Waals surface area contributed by atoms with Gasteiger partial charge in [0.05, 0.1) is 18.2 Å². The van der Waals surface area contributed by atoms with Crippen LogP contribution in [0.15, 0.2) is 24.3 Å². The van der Waals surface area contributed by atoms with Gasteiger partial charge in [-0.1, -0.05) is 26.0 Å². The lowest BCUT2D eigenvalue weighted by molar-refractivity contribution is -0.139. The first-order chi connectivity index (χ1) is 8.93. The van der Waals surface area contributed by atoms with E-state index < -0.39 is 5.97 Å². The van der Waals surface area contributed by atoms with E-state index in [1.807, 2.05) is 24.0 Å². The Labute approximate surface area is 114 Å². The second kappa shape index (κ2) is 6.91. The quantitative estimate of drug-likeness (QED) is 0.854. The molecule has 0 fully saturated rings. The monoisotopic (exact) mass is 260 g/mol. The van der Waals surface area contributed by atoms with Crippen molar-refractivity contribution in [2.45, 2.75) is 26.8 Å². The van der Waals surface area contributed by atoms with E-state index in [0.29, 0.717) is 11.5 Å². The zero-order chi connectivity index (χ0) is 14.4. The number of hydrogen-bond acceptors (Lipinski definition) is 3. The topological polar surface area (TPSA) is 64.3 Å². The Hall–Kier alpha value is -1.86. The largest absolute Gasteiger partial charge is 0.480 e. The van der Waals surface area contributed by atoms with Crippen LogP contribution in [0.1, 0.15) is 37.9 Å². The van der Waals surface area contributed by atoms with E-state index in [-0.39, 0.29) is 12.6 Å². The fourth-order valence-corrected chi connectivity index (χ4v) is 2.05. The first-order valence-electron chi connectivity index (χ1n) is 6.40. The minimum Gasteiger partial charge on any atom is -0.480 e. The maximum atomic E-state index is 10.9. The average Bonchev–Trinajstić information content (AvgIpc) is 2.36. The van der Waals surface area contributed by atoms with Gasteiger partial charge in [0.2, 0.25) is 0 Å². The summed E-state index contributed by atoms with van der Waals surface area (Å²) >= 11 is 0. The molecule has 1 N–H and O–H groups in total. The summed E-state index contributed by atoms with van der Waals surface area (Å²) < 4.78 is 0. The summed E-state index contributed by atoms with van der Waals surface area (Å²) in [6.45, 7) is 6.89. The first kappa shape index (κ1) is 15.2. The van der Waals surface area contributed by atoms with Crippen molar-refractivity contribution >= 4 is 5.97 Å². The third-order valence-electron chi connectivity index (χ3n) is 3.01. The van der Waals surface area contributed by atoms with Gasteiger partial charge < -0.3 is 5.11 Å². The summed E-state index contributed by atoms with van der Waals surface area (Å²) in [4.78, 5) is 12.9. The van der Waals surface area contributed by atoms with Crippen molar-refractivity contribution in [3.8, 4) is 6.07 Å². The fraction of sp³-hybridized carbons (Fsp3) is 0.467. The Bertz CT molecular complexity index is 460. The summed E-state index contributed by atoms with van der Waals surface area (Å²) in [5.41, 5.74) is 1.64. The number of nitrogens with zero attached hydrogens (tertiary/aromatic N) is 2. The van der Waals surface area contributed by atoms with Gasteiger partial charge in [0, 0.05) is 12.6 Å². The van der Waals surface area contributed by atoms with Gasteiger partial charge in [0.25, 0.3) is 0 Å². The van der Waals surface area contributed by atoms with Crippen molar-refractivity contribution in [1.29, 1.82) is 5.26 Å². The summed E-state index contributed by atoms with van der Waals surface area (Å²) in [5.74, 6) is -0.415. The van der Waals surface area contributed by atoms with Gasteiger partial charge in [-0.05, 0) is 30.5 Å². The van der Waals surface area contributed by atoms with Crippen molar-refractivity contribution in [2.75, 3.05) is 13.1 Å². The smallest absolute Gasteiger partial charge is 0.317 e. The number of benzene rings is 1. The van der Waals surface area contributed by atoms with Crippen molar-refractivity contribution in [1.82, 2.24) is 4.90 Å². The number of hydrogen-bond donors (Lipinski definition) is 1. The van der Waals surface area contributed by atoms with E-state index in [9.17, 15) is 4.79 Å². The van der Waals surface area contributed by atoms with Crippen molar-refractivity contribution in [3.63, 3.8) is 0 Å². The number of aliphatic carboxylic acids is 1. The lowest BCUT2D eigenvalue weighted by Crippen LogP contribution is -2.35. The molecule has 0 aliphatic carbocycles. The molecular weight excluding hydrogens is 240 g/mol. The van der Waals surface area contributed by atoms with E-state index in [1.54, 1.807) is 12.1 Å². The highest BCUT2D eigenvalue weighted by molar-refractivity contribution is 5.69. The predicted molar refractivity (Wildman–Crippen MR) is 73.6 cm³/mol. The Balaban J connectivity index is 2.87. The molecule has 0 aromatic heterocycles. The molecule has 4 nitrogen and oxygen atoms in total. The number of carboxylic acid groups (broad SMARTS) is 1. The summed E-state index contributed by atoms with van der Waals surface area (Å²) in [5, 5.41) is 17.8. The van der Waals surface area contributed by atoms with Crippen molar-refractivity contribution in [3.05, 3.63) is 35.4 Å². The van der Waals surface area contributed by atoms with Gasteiger partial charge >= 0.3 is 5.97 Å². The van der Waals surface area contributed by atoms with E-state index in [0.717, 1.165) is 12.1 Å². The molecule has 1 atom stereocenters. The normalized spacial score (nSPS) is 12.4. The molecule has 0 spiro atoms. The number of rotatable bonds is 6. The molecule has 0 bridgehead atoms. The van der Waals surface area contributed by atoms with Crippen LogP contribution in [-0.4, -0.2) is 29.1 Å². The molecule has 0 amide bonds. The SMILES string of the molecule is CC(C)CN(CC(=O)O)C(C)c1ccc(C#N)cc1. The van der Waals surface area contributed by atoms with Crippen molar-refractivity contribution < 1.29 is 9.90 Å². The van der Waals surface area contributed by atoms with Crippen LogP contribution in [0.3, 0.4) is 0 Å². The average molecular weight is 260 g/mol. The minimum absolute atomic E-state index is 0.0197. The zero-order valence-electron chi connectivity index (χ0n) is 11.6. The van der Waals surface area contributed by atoms with Gasteiger partial charge in [-0.15, -0.1) is 0 Å². The molecule has 0 aliphatic rings. The van der Waals surface area contributed by atoms with Gasteiger partial charge in [0.1, 0.15) is 0 Å². The maximum absolute atomic E-state index is 10.9. The van der Waals surface area contributed by atoms with Crippen LogP contribution in [0.2, 0.25) is 0 Å². The molecule has 1 aromatic carbocycles. The number of carbonyl (C=O) groups is 1. The molecule has 0 saturated carbocycles. The van der Waals surface area contributed by atoms with Crippen LogP contribution in [0.4, 0.5) is 0 Å². The number of nitriles is 1. The molecule has 0 aliphatic heterocycles. The lowest BCUT2D eigenvalue weighted by atomic mass is 10.0. The van der Waals surface area contributed by atoms with E-state index in [1.165, 1.54) is 0 Å². The Morgan fingerprint density at radius 3 is 2.32 bits per heavy atom. The summed E-state index contributed by atoms with van der Waals surface area (Å²) in [7, 11) is 0. The first-order valence-corrected chi connectivity index (χ1v) is 6.40. The molecule has 0 saturated heterocycles. The highest BCUT2D eigenvalue weighted by atomic mass is 16.4. The Kier molecular flexibility index (Phi) is 5.53. The van der Waals surface area contributed by atoms with E-state index >= 15 is 0 Å². The molecule has 0 heterocycles. The molecule has 19 heavy (non-hydrogen) atoms. The standard InChI is InChI=1S/C15H20N2O2/c1-11(2)9-17(10-15(18)19)12(3)14-6-4-13(8-16)5-7-14/h4-7,11-12H,9-10H2,1-3H3,(H,18,19). The van der Waals surface area contributed by atoms with Crippen LogP contribution in [-0.2, 0) is 4.79 Å². The third-order valence-corrected chi connectivity index (χ3v) is 3.01. The van der Waals surface area contributed by atoms with Crippen LogP contribution in [0.5, 0.6) is 0 Å². The lowest BCUT2D eigenvalue weighted by Gasteiger charge is -2.29. The molecule has 1 aromatic rings. The second-order valence-corrected chi connectivity index (χ2v) is 5.13. The zero-order valence-corrected chi connectivity index (χ0v) is 11.6. The Morgan fingerprint density at radius 1 is 1.32 bits per heavy atom. The summed E-state index contributed by atoms with van der Waals surface area (Å²) in [6.07, 6.45) is 0. The Morgan fingerprint density at radius 2 is 1.89 bits per heavy atom.